The number of rotatable bonds is 3. The SMILES string of the molecule is O=c1c2nccnc2ccn1Cc1cn(-c2ccccc2)nn1. The Bertz CT molecular complexity index is 1020. The van der Waals surface area contributed by atoms with Crippen molar-refractivity contribution >= 4 is 11.0 Å². The lowest BCUT2D eigenvalue weighted by Gasteiger charge is -2.03. The van der Waals surface area contributed by atoms with Gasteiger partial charge in [-0.3, -0.25) is 9.78 Å². The molecule has 0 unspecified atom stereocenters. The molecule has 4 aromatic rings. The Kier molecular flexibility index (Phi) is 3.16. The molecule has 0 spiro atoms. The lowest BCUT2D eigenvalue weighted by Crippen LogP contribution is -2.21. The third-order valence-corrected chi connectivity index (χ3v) is 3.50. The van der Waals surface area contributed by atoms with Crippen molar-refractivity contribution < 1.29 is 0 Å². The predicted octanol–water partition coefficient (Wildman–Crippen LogP) is 1.42. The first-order valence-electron chi connectivity index (χ1n) is 7.08. The lowest BCUT2D eigenvalue weighted by molar-refractivity contribution is 0.734. The minimum atomic E-state index is -0.190. The zero-order chi connectivity index (χ0) is 15.6. The quantitative estimate of drug-likeness (QED) is 0.572. The lowest BCUT2D eigenvalue weighted by atomic mass is 10.3. The molecule has 0 aliphatic rings. The van der Waals surface area contributed by atoms with Gasteiger partial charge in [-0.15, -0.1) is 5.10 Å². The van der Waals surface area contributed by atoms with Gasteiger partial charge in [0.1, 0.15) is 5.69 Å². The molecule has 23 heavy (non-hydrogen) atoms. The molecule has 0 N–H and O–H groups in total. The Morgan fingerprint density at radius 1 is 1.00 bits per heavy atom. The van der Waals surface area contributed by atoms with Crippen molar-refractivity contribution in [3.05, 3.63) is 77.2 Å². The van der Waals surface area contributed by atoms with E-state index in [2.05, 4.69) is 20.3 Å². The molecule has 0 saturated carbocycles. The van der Waals surface area contributed by atoms with E-state index in [4.69, 9.17) is 0 Å². The van der Waals surface area contributed by atoms with E-state index in [9.17, 15) is 4.79 Å². The monoisotopic (exact) mass is 304 g/mol. The average molecular weight is 304 g/mol. The molecule has 0 bridgehead atoms. The van der Waals surface area contributed by atoms with E-state index in [1.807, 2.05) is 36.5 Å². The minimum Gasteiger partial charge on any atom is -0.307 e. The normalized spacial score (nSPS) is 11.0. The summed E-state index contributed by atoms with van der Waals surface area (Å²) in [5, 5.41) is 8.22. The number of nitrogens with zero attached hydrogens (tertiary/aromatic N) is 6. The van der Waals surface area contributed by atoms with E-state index in [1.54, 1.807) is 27.7 Å². The van der Waals surface area contributed by atoms with Crippen molar-refractivity contribution in [2.75, 3.05) is 0 Å². The highest BCUT2D eigenvalue weighted by Crippen LogP contribution is 2.07. The van der Waals surface area contributed by atoms with E-state index in [0.29, 0.717) is 23.3 Å². The highest BCUT2D eigenvalue weighted by atomic mass is 16.1. The Balaban J connectivity index is 1.68. The van der Waals surface area contributed by atoms with Gasteiger partial charge in [-0.2, -0.15) is 0 Å². The summed E-state index contributed by atoms with van der Waals surface area (Å²) in [6, 6.07) is 11.5. The summed E-state index contributed by atoms with van der Waals surface area (Å²) < 4.78 is 3.23. The van der Waals surface area contributed by atoms with Crippen molar-refractivity contribution in [2.45, 2.75) is 6.54 Å². The summed E-state index contributed by atoms with van der Waals surface area (Å²) in [5.41, 5.74) is 2.36. The second-order valence-electron chi connectivity index (χ2n) is 5.03. The van der Waals surface area contributed by atoms with E-state index in [-0.39, 0.29) is 5.56 Å². The van der Waals surface area contributed by atoms with Crippen LogP contribution < -0.4 is 5.56 Å². The van der Waals surface area contributed by atoms with Gasteiger partial charge in [0.15, 0.2) is 5.52 Å². The van der Waals surface area contributed by atoms with E-state index >= 15 is 0 Å². The molecular formula is C16H12N6O. The van der Waals surface area contributed by atoms with Crippen LogP contribution in [0.4, 0.5) is 0 Å². The van der Waals surface area contributed by atoms with Gasteiger partial charge in [-0.1, -0.05) is 23.4 Å². The topological polar surface area (TPSA) is 78.5 Å². The van der Waals surface area contributed by atoms with Crippen molar-refractivity contribution in [1.29, 1.82) is 0 Å². The van der Waals surface area contributed by atoms with Crippen LogP contribution in [0, 0.1) is 0 Å². The Morgan fingerprint density at radius 2 is 1.83 bits per heavy atom. The van der Waals surface area contributed by atoms with E-state index in [1.165, 1.54) is 6.20 Å². The molecule has 0 radical (unpaired) electrons. The molecule has 4 rings (SSSR count). The van der Waals surface area contributed by atoms with Crippen LogP contribution in [-0.2, 0) is 6.54 Å². The summed E-state index contributed by atoms with van der Waals surface area (Å²) in [6.07, 6.45) is 6.58. The number of benzene rings is 1. The fraction of sp³-hybridized carbons (Fsp3) is 0.0625. The maximum absolute atomic E-state index is 12.4. The van der Waals surface area contributed by atoms with Gasteiger partial charge in [0, 0.05) is 18.6 Å². The van der Waals surface area contributed by atoms with Crippen molar-refractivity contribution in [2.24, 2.45) is 0 Å². The smallest absolute Gasteiger partial charge is 0.279 e. The van der Waals surface area contributed by atoms with Gasteiger partial charge in [-0.25, -0.2) is 9.67 Å². The van der Waals surface area contributed by atoms with Crippen LogP contribution in [0.25, 0.3) is 16.7 Å². The number of para-hydroxylation sites is 1. The van der Waals surface area contributed by atoms with E-state index in [0.717, 1.165) is 5.69 Å². The van der Waals surface area contributed by atoms with E-state index < -0.39 is 0 Å². The van der Waals surface area contributed by atoms with Crippen LogP contribution in [0.5, 0.6) is 0 Å². The van der Waals surface area contributed by atoms with Gasteiger partial charge < -0.3 is 4.57 Å². The second kappa shape index (κ2) is 5.45. The highest BCUT2D eigenvalue weighted by Gasteiger charge is 2.08. The maximum Gasteiger partial charge on any atom is 0.279 e. The highest BCUT2D eigenvalue weighted by molar-refractivity contribution is 5.71. The predicted molar refractivity (Wildman–Crippen MR) is 84.3 cm³/mol. The fourth-order valence-corrected chi connectivity index (χ4v) is 2.38. The molecular weight excluding hydrogens is 292 g/mol. The van der Waals surface area contributed by atoms with Gasteiger partial charge in [0.2, 0.25) is 0 Å². The molecule has 0 fully saturated rings. The first-order chi connectivity index (χ1) is 11.3. The van der Waals surface area contributed by atoms with Gasteiger partial charge in [0.25, 0.3) is 5.56 Å². The number of aromatic nitrogens is 6. The summed E-state index contributed by atoms with van der Waals surface area (Å²) in [4.78, 5) is 20.6. The van der Waals surface area contributed by atoms with Crippen molar-refractivity contribution in [3.63, 3.8) is 0 Å². The summed E-state index contributed by atoms with van der Waals surface area (Å²) in [6.45, 7) is 0.332. The molecule has 0 saturated heterocycles. The minimum absolute atomic E-state index is 0.190. The standard InChI is InChI=1S/C16H12N6O/c23-16-15-14(17-7-8-18-15)6-9-21(16)10-12-11-22(20-19-12)13-4-2-1-3-5-13/h1-9,11H,10H2. The molecule has 1 aromatic carbocycles. The third-order valence-electron chi connectivity index (χ3n) is 3.50. The molecule has 3 aromatic heterocycles. The molecule has 0 aliphatic heterocycles. The van der Waals surface area contributed by atoms with Crippen LogP contribution >= 0.6 is 0 Å². The summed E-state index contributed by atoms with van der Waals surface area (Å²) in [7, 11) is 0. The molecule has 0 amide bonds. The van der Waals surface area contributed by atoms with Crippen LogP contribution in [0.3, 0.4) is 0 Å². The largest absolute Gasteiger partial charge is 0.307 e. The van der Waals surface area contributed by atoms with Crippen LogP contribution in [0.1, 0.15) is 5.69 Å². The zero-order valence-corrected chi connectivity index (χ0v) is 12.1. The maximum atomic E-state index is 12.4. The summed E-state index contributed by atoms with van der Waals surface area (Å²) >= 11 is 0. The zero-order valence-electron chi connectivity index (χ0n) is 12.1. The third kappa shape index (κ3) is 2.48. The summed E-state index contributed by atoms with van der Waals surface area (Å²) in [5.74, 6) is 0. The van der Waals surface area contributed by atoms with Crippen LogP contribution in [-0.4, -0.2) is 29.5 Å². The van der Waals surface area contributed by atoms with Crippen molar-refractivity contribution in [3.8, 4) is 5.69 Å². The number of pyridine rings is 1. The van der Waals surface area contributed by atoms with Gasteiger partial charge in [-0.05, 0) is 18.2 Å². The Labute approximate surface area is 130 Å². The first-order valence-corrected chi connectivity index (χ1v) is 7.08. The number of hydrogen-bond donors (Lipinski definition) is 0. The average Bonchev–Trinajstić information content (AvgIpc) is 3.07. The van der Waals surface area contributed by atoms with Crippen LogP contribution in [0.15, 0.2) is 66.0 Å². The Hall–Kier alpha value is -3.35. The number of fused-ring (bicyclic) bond motifs is 1. The molecule has 0 aliphatic carbocycles. The molecule has 0 atom stereocenters. The fourth-order valence-electron chi connectivity index (χ4n) is 2.38. The first kappa shape index (κ1) is 13.3. The molecule has 7 nitrogen and oxygen atoms in total. The molecule has 112 valence electrons. The second-order valence-corrected chi connectivity index (χ2v) is 5.03. The molecule has 3 heterocycles. The van der Waals surface area contributed by atoms with Crippen LogP contribution in [0.2, 0.25) is 0 Å². The van der Waals surface area contributed by atoms with Gasteiger partial charge >= 0.3 is 0 Å². The Morgan fingerprint density at radius 3 is 2.70 bits per heavy atom. The number of hydrogen-bond acceptors (Lipinski definition) is 5. The van der Waals surface area contributed by atoms with Crippen molar-refractivity contribution in [1.82, 2.24) is 29.5 Å². The molecule has 7 heteroatoms. The van der Waals surface area contributed by atoms with Gasteiger partial charge in [0.05, 0.1) is 23.9 Å².